The second kappa shape index (κ2) is 5.76. The summed E-state index contributed by atoms with van der Waals surface area (Å²) in [6.07, 6.45) is 2.97. The minimum Gasteiger partial charge on any atom is -0.350 e. The Bertz CT molecular complexity index is 754. The number of carbonyl (C=O) groups is 1. The number of hydrogen-bond acceptors (Lipinski definition) is 2. The molecule has 0 fully saturated rings. The van der Waals surface area contributed by atoms with Gasteiger partial charge in [0.2, 0.25) is 0 Å². The summed E-state index contributed by atoms with van der Waals surface area (Å²) < 4.78 is 14.2. The summed E-state index contributed by atoms with van der Waals surface area (Å²) >= 11 is 0. The molecule has 2 nitrogen and oxygen atoms in total. The van der Waals surface area contributed by atoms with E-state index in [1.807, 2.05) is 50.3 Å². The number of Topliss-reactive ketones (excluding diaryl/α,β-unsaturated/α-hetero) is 1. The molecule has 22 heavy (non-hydrogen) atoms. The Labute approximate surface area is 129 Å². The number of allylic oxidation sites excluding steroid dienone is 1. The summed E-state index contributed by atoms with van der Waals surface area (Å²) in [7, 11) is 0. The predicted molar refractivity (Wildman–Crippen MR) is 87.2 cm³/mol. The number of nitrogens with one attached hydrogen (secondary N) is 1. The van der Waals surface area contributed by atoms with E-state index < -0.39 is 0 Å². The van der Waals surface area contributed by atoms with Crippen molar-refractivity contribution in [2.75, 3.05) is 5.32 Å². The van der Waals surface area contributed by atoms with Crippen LogP contribution in [-0.2, 0) is 11.2 Å². The van der Waals surface area contributed by atoms with Crippen molar-refractivity contribution in [1.29, 1.82) is 0 Å². The van der Waals surface area contributed by atoms with E-state index in [4.69, 9.17) is 0 Å². The molecule has 2 aromatic rings. The van der Waals surface area contributed by atoms with Crippen LogP contribution in [0.5, 0.6) is 0 Å². The van der Waals surface area contributed by atoms with Gasteiger partial charge in [0, 0.05) is 6.42 Å². The third-order valence-electron chi connectivity index (χ3n) is 3.97. The molecule has 112 valence electrons. The number of halogens is 1. The molecule has 1 aliphatic rings. The lowest BCUT2D eigenvalue weighted by Crippen LogP contribution is -2.12. The van der Waals surface area contributed by atoms with Crippen molar-refractivity contribution in [3.8, 4) is 0 Å². The number of ketones is 1. The van der Waals surface area contributed by atoms with Crippen molar-refractivity contribution in [3.63, 3.8) is 0 Å². The molecule has 1 N–H and O–H groups in total. The highest BCUT2D eigenvalue weighted by molar-refractivity contribution is 6.03. The fourth-order valence-electron chi connectivity index (χ4n) is 2.84. The summed E-state index contributed by atoms with van der Waals surface area (Å²) in [5.41, 5.74) is 4.66. The summed E-state index contributed by atoms with van der Waals surface area (Å²) in [4.78, 5) is 12.3. The van der Waals surface area contributed by atoms with Gasteiger partial charge in [0.1, 0.15) is 5.82 Å². The van der Waals surface area contributed by atoms with Gasteiger partial charge in [-0.25, -0.2) is 4.39 Å². The average molecular weight is 295 g/mol. The number of rotatable bonds is 2. The molecule has 0 radical (unpaired) electrons. The molecule has 0 aromatic heterocycles. The summed E-state index contributed by atoms with van der Waals surface area (Å²) in [6.45, 7) is 3.69. The Morgan fingerprint density at radius 1 is 1.09 bits per heavy atom. The first-order valence-corrected chi connectivity index (χ1v) is 7.41. The number of aryl methyl sites for hydroxylation is 3. The Morgan fingerprint density at radius 2 is 1.86 bits per heavy atom. The molecular formula is C19H18FNO. The van der Waals surface area contributed by atoms with Crippen LogP contribution in [0.25, 0.3) is 6.08 Å². The van der Waals surface area contributed by atoms with Crippen molar-refractivity contribution in [2.45, 2.75) is 26.7 Å². The molecule has 0 amide bonds. The van der Waals surface area contributed by atoms with Crippen LogP contribution in [0.3, 0.4) is 0 Å². The van der Waals surface area contributed by atoms with Gasteiger partial charge in [-0.1, -0.05) is 30.3 Å². The lowest BCUT2D eigenvalue weighted by molar-refractivity contribution is -0.115. The molecule has 2 aromatic carbocycles. The third kappa shape index (κ3) is 2.80. The first kappa shape index (κ1) is 14.5. The van der Waals surface area contributed by atoms with Crippen LogP contribution in [0, 0.1) is 19.7 Å². The number of benzene rings is 2. The smallest absolute Gasteiger partial charge is 0.179 e. The zero-order valence-corrected chi connectivity index (χ0v) is 12.7. The van der Waals surface area contributed by atoms with E-state index in [0.717, 1.165) is 22.3 Å². The van der Waals surface area contributed by atoms with Crippen LogP contribution in [0.15, 0.2) is 42.1 Å². The predicted octanol–water partition coefficient (Wildman–Crippen LogP) is 4.41. The lowest BCUT2D eigenvalue weighted by atomic mass is 10.1. The average Bonchev–Trinajstić information content (AvgIpc) is 2.63. The van der Waals surface area contributed by atoms with Gasteiger partial charge in [-0.15, -0.1) is 0 Å². The van der Waals surface area contributed by atoms with Crippen LogP contribution in [-0.4, -0.2) is 5.78 Å². The third-order valence-corrected chi connectivity index (χ3v) is 3.97. The van der Waals surface area contributed by atoms with Crippen molar-refractivity contribution < 1.29 is 9.18 Å². The first-order valence-electron chi connectivity index (χ1n) is 7.41. The summed E-state index contributed by atoms with van der Waals surface area (Å²) in [5, 5.41) is 3.01. The van der Waals surface area contributed by atoms with Gasteiger partial charge in [0.05, 0.1) is 11.4 Å². The number of carbonyl (C=O) groups excluding carboxylic acids is 1. The summed E-state index contributed by atoms with van der Waals surface area (Å²) in [5.74, 6) is -0.320. The van der Waals surface area contributed by atoms with Gasteiger partial charge in [-0.2, -0.15) is 0 Å². The maximum absolute atomic E-state index is 14.2. The maximum Gasteiger partial charge on any atom is 0.179 e. The van der Waals surface area contributed by atoms with Crippen LogP contribution < -0.4 is 5.32 Å². The van der Waals surface area contributed by atoms with Crippen molar-refractivity contribution in [3.05, 3.63) is 70.2 Å². The second-order valence-corrected chi connectivity index (χ2v) is 5.74. The van der Waals surface area contributed by atoms with Crippen molar-refractivity contribution >= 4 is 17.5 Å². The molecule has 0 unspecified atom stereocenters. The molecule has 3 heteroatoms. The Hall–Kier alpha value is -2.42. The van der Waals surface area contributed by atoms with Crippen molar-refractivity contribution in [2.24, 2.45) is 0 Å². The van der Waals surface area contributed by atoms with E-state index in [9.17, 15) is 9.18 Å². The zero-order chi connectivity index (χ0) is 15.7. The molecule has 3 rings (SSSR count). The fourth-order valence-corrected chi connectivity index (χ4v) is 2.84. The molecule has 0 bridgehead atoms. The van der Waals surface area contributed by atoms with Crippen LogP contribution in [0.1, 0.15) is 28.7 Å². The van der Waals surface area contributed by atoms with E-state index in [0.29, 0.717) is 24.2 Å². The largest absolute Gasteiger partial charge is 0.350 e. The molecule has 0 atom stereocenters. The Morgan fingerprint density at radius 3 is 2.64 bits per heavy atom. The molecule has 0 saturated heterocycles. The fraction of sp³-hybridized carbons (Fsp3) is 0.211. The van der Waals surface area contributed by atoms with Crippen molar-refractivity contribution in [1.82, 2.24) is 0 Å². The molecule has 0 heterocycles. The maximum atomic E-state index is 14.2. The standard InChI is InChI=1S/C19H18FNO/c1-12-9-13(2)19(16(20)10-12)21-17-11-15-6-4-3-5-14(15)7-8-18(17)22/h3-6,9-11,21H,7-8H2,1-2H3. The van der Waals surface area contributed by atoms with Gasteiger partial charge in [-0.3, -0.25) is 4.79 Å². The SMILES string of the molecule is Cc1cc(C)c(NC2=Cc3ccccc3CCC2=O)c(F)c1. The molecule has 0 spiro atoms. The Balaban J connectivity index is 2.01. The number of anilines is 1. The highest BCUT2D eigenvalue weighted by Crippen LogP contribution is 2.26. The Kier molecular flexibility index (Phi) is 3.80. The molecular weight excluding hydrogens is 277 g/mol. The highest BCUT2D eigenvalue weighted by atomic mass is 19.1. The van der Waals surface area contributed by atoms with Gasteiger partial charge in [-0.05, 0) is 54.7 Å². The normalized spacial score (nSPS) is 14.1. The second-order valence-electron chi connectivity index (χ2n) is 5.74. The van der Waals surface area contributed by atoms with Gasteiger partial charge in [0.25, 0.3) is 0 Å². The molecule has 1 aliphatic carbocycles. The van der Waals surface area contributed by atoms with E-state index in [1.54, 1.807) is 0 Å². The summed E-state index contributed by atoms with van der Waals surface area (Å²) in [6, 6.07) is 11.3. The van der Waals surface area contributed by atoms with Gasteiger partial charge < -0.3 is 5.32 Å². The van der Waals surface area contributed by atoms with Crippen LogP contribution in [0.2, 0.25) is 0 Å². The van der Waals surface area contributed by atoms with Gasteiger partial charge in [0.15, 0.2) is 5.78 Å². The van der Waals surface area contributed by atoms with E-state index in [-0.39, 0.29) is 11.6 Å². The minimum absolute atomic E-state index is 0.00979. The quantitative estimate of drug-likeness (QED) is 0.889. The molecule has 0 aliphatic heterocycles. The first-order chi connectivity index (χ1) is 10.5. The van der Waals surface area contributed by atoms with E-state index in [2.05, 4.69) is 5.32 Å². The van der Waals surface area contributed by atoms with Crippen LogP contribution >= 0.6 is 0 Å². The topological polar surface area (TPSA) is 29.1 Å². The minimum atomic E-state index is -0.330. The van der Waals surface area contributed by atoms with Gasteiger partial charge >= 0.3 is 0 Å². The lowest BCUT2D eigenvalue weighted by Gasteiger charge is -2.13. The monoisotopic (exact) mass is 295 g/mol. The van der Waals surface area contributed by atoms with E-state index in [1.165, 1.54) is 6.07 Å². The number of hydrogen-bond donors (Lipinski definition) is 1. The van der Waals surface area contributed by atoms with E-state index >= 15 is 0 Å². The number of fused-ring (bicyclic) bond motifs is 1. The highest BCUT2D eigenvalue weighted by Gasteiger charge is 2.18. The van der Waals surface area contributed by atoms with Crippen LogP contribution in [0.4, 0.5) is 10.1 Å². The molecule has 0 saturated carbocycles. The zero-order valence-electron chi connectivity index (χ0n) is 12.7.